The lowest BCUT2D eigenvalue weighted by atomic mass is 10.2. The monoisotopic (exact) mass is 287 g/mol. The Kier molecular flexibility index (Phi) is 5.33. The molecule has 5 nitrogen and oxygen atoms in total. The number of aromatic nitrogens is 2. The molecular weight excluding hydrogens is 262 g/mol. The molecule has 0 unspecified atom stereocenters. The predicted octanol–water partition coefficient (Wildman–Crippen LogP) is 2.45. The first-order valence-electron chi connectivity index (χ1n) is 7.50. The summed E-state index contributed by atoms with van der Waals surface area (Å²) in [5, 5.41) is 4.18. The normalized spacial score (nSPS) is 11.1. The van der Waals surface area contributed by atoms with Crippen LogP contribution in [0, 0.1) is 0 Å². The number of fused-ring (bicyclic) bond motifs is 1. The number of hydrogen-bond acceptors (Lipinski definition) is 5. The van der Waals surface area contributed by atoms with Crippen LogP contribution in [-0.4, -0.2) is 55.6 Å². The minimum absolute atomic E-state index is 0.676. The average Bonchev–Trinajstić information content (AvgIpc) is 2.50. The van der Waals surface area contributed by atoms with E-state index in [1.807, 2.05) is 25.2 Å². The van der Waals surface area contributed by atoms with Gasteiger partial charge < -0.3 is 15.1 Å². The number of anilines is 2. The molecule has 1 aromatic heterocycles. The molecule has 0 aliphatic rings. The standard InChI is InChI=1S/C16H25N5/c1-5-10-21(12-11-20(3)4)15-13-8-6-7-9-14(13)18-16(17-2)19-15/h6-9H,5,10-12H2,1-4H3,(H,17,18,19). The van der Waals surface area contributed by atoms with Crippen molar-refractivity contribution in [3.8, 4) is 0 Å². The van der Waals surface area contributed by atoms with Crippen LogP contribution in [0.3, 0.4) is 0 Å². The van der Waals surface area contributed by atoms with E-state index in [-0.39, 0.29) is 0 Å². The molecule has 0 aliphatic carbocycles. The molecule has 0 amide bonds. The zero-order valence-corrected chi connectivity index (χ0v) is 13.4. The van der Waals surface area contributed by atoms with E-state index in [1.165, 1.54) is 0 Å². The van der Waals surface area contributed by atoms with Gasteiger partial charge in [-0.05, 0) is 32.6 Å². The van der Waals surface area contributed by atoms with Crippen LogP contribution in [-0.2, 0) is 0 Å². The summed E-state index contributed by atoms with van der Waals surface area (Å²) in [7, 11) is 6.06. The number of benzene rings is 1. The fourth-order valence-corrected chi connectivity index (χ4v) is 2.33. The Labute approximate surface area is 127 Å². The van der Waals surface area contributed by atoms with Gasteiger partial charge >= 0.3 is 0 Å². The Morgan fingerprint density at radius 2 is 1.81 bits per heavy atom. The first-order valence-corrected chi connectivity index (χ1v) is 7.50. The van der Waals surface area contributed by atoms with E-state index < -0.39 is 0 Å². The molecule has 21 heavy (non-hydrogen) atoms. The SMILES string of the molecule is CCCN(CCN(C)C)c1nc(NC)nc2ccccc12. The second-order valence-electron chi connectivity index (χ2n) is 5.43. The highest BCUT2D eigenvalue weighted by Crippen LogP contribution is 2.25. The molecule has 2 rings (SSSR count). The molecule has 1 aromatic carbocycles. The van der Waals surface area contributed by atoms with Crippen molar-refractivity contribution in [2.75, 3.05) is 51.0 Å². The first kappa shape index (κ1) is 15.5. The van der Waals surface area contributed by atoms with Gasteiger partial charge in [-0.3, -0.25) is 0 Å². The van der Waals surface area contributed by atoms with E-state index in [1.54, 1.807) is 0 Å². The maximum Gasteiger partial charge on any atom is 0.224 e. The molecule has 5 heteroatoms. The first-order chi connectivity index (χ1) is 10.2. The zero-order valence-electron chi connectivity index (χ0n) is 13.4. The quantitative estimate of drug-likeness (QED) is 0.847. The summed E-state index contributed by atoms with van der Waals surface area (Å²) in [5.74, 6) is 1.70. The molecule has 0 aliphatic heterocycles. The molecule has 0 atom stereocenters. The van der Waals surface area contributed by atoms with Crippen LogP contribution < -0.4 is 10.2 Å². The van der Waals surface area contributed by atoms with Gasteiger partial charge in [0.25, 0.3) is 0 Å². The van der Waals surface area contributed by atoms with E-state index >= 15 is 0 Å². The van der Waals surface area contributed by atoms with Crippen LogP contribution in [0.1, 0.15) is 13.3 Å². The Morgan fingerprint density at radius 1 is 1.05 bits per heavy atom. The maximum atomic E-state index is 4.70. The van der Waals surface area contributed by atoms with Crippen LogP contribution >= 0.6 is 0 Å². The van der Waals surface area contributed by atoms with E-state index in [0.717, 1.165) is 42.8 Å². The average molecular weight is 287 g/mol. The molecule has 2 aromatic rings. The van der Waals surface area contributed by atoms with Gasteiger partial charge in [0.2, 0.25) is 5.95 Å². The van der Waals surface area contributed by atoms with Gasteiger partial charge in [0.1, 0.15) is 5.82 Å². The summed E-state index contributed by atoms with van der Waals surface area (Å²) in [4.78, 5) is 13.8. The molecule has 1 heterocycles. The van der Waals surface area contributed by atoms with Gasteiger partial charge in [-0.2, -0.15) is 4.98 Å². The molecular formula is C16H25N5. The zero-order chi connectivity index (χ0) is 15.2. The van der Waals surface area contributed by atoms with Gasteiger partial charge in [-0.25, -0.2) is 4.98 Å². The number of rotatable bonds is 7. The van der Waals surface area contributed by atoms with Crippen LogP contribution in [0.4, 0.5) is 11.8 Å². The predicted molar refractivity (Wildman–Crippen MR) is 90.1 cm³/mol. The third-order valence-corrected chi connectivity index (χ3v) is 3.42. The summed E-state index contributed by atoms with van der Waals surface area (Å²) in [6.07, 6.45) is 1.10. The highest BCUT2D eigenvalue weighted by molar-refractivity contribution is 5.90. The second-order valence-corrected chi connectivity index (χ2v) is 5.43. The van der Waals surface area contributed by atoms with Crippen LogP contribution in [0.15, 0.2) is 24.3 Å². The van der Waals surface area contributed by atoms with Gasteiger partial charge in [0.05, 0.1) is 5.52 Å². The molecule has 0 bridgehead atoms. The molecule has 114 valence electrons. The summed E-state index contributed by atoms with van der Waals surface area (Å²) in [6.45, 7) is 5.17. The van der Waals surface area contributed by atoms with Crippen molar-refractivity contribution in [3.63, 3.8) is 0 Å². The fourth-order valence-electron chi connectivity index (χ4n) is 2.33. The van der Waals surface area contributed by atoms with Crippen LogP contribution in [0.2, 0.25) is 0 Å². The van der Waals surface area contributed by atoms with Crippen LogP contribution in [0.5, 0.6) is 0 Å². The Morgan fingerprint density at radius 3 is 2.48 bits per heavy atom. The van der Waals surface area contributed by atoms with Gasteiger partial charge in [0.15, 0.2) is 0 Å². The molecule has 0 spiro atoms. The lowest BCUT2D eigenvalue weighted by Gasteiger charge is -2.26. The van der Waals surface area contributed by atoms with Crippen LogP contribution in [0.25, 0.3) is 10.9 Å². The van der Waals surface area contributed by atoms with Crippen molar-refractivity contribution in [2.24, 2.45) is 0 Å². The summed E-state index contributed by atoms with van der Waals surface area (Å²) in [5.41, 5.74) is 0.984. The number of nitrogens with zero attached hydrogens (tertiary/aromatic N) is 4. The minimum Gasteiger partial charge on any atom is -0.357 e. The molecule has 0 saturated heterocycles. The summed E-state index contributed by atoms with van der Waals surface area (Å²) >= 11 is 0. The van der Waals surface area contributed by atoms with Crippen molar-refractivity contribution >= 4 is 22.7 Å². The van der Waals surface area contributed by atoms with Crippen molar-refractivity contribution in [1.82, 2.24) is 14.9 Å². The number of nitrogens with one attached hydrogen (secondary N) is 1. The number of para-hydroxylation sites is 1. The molecule has 1 N–H and O–H groups in total. The summed E-state index contributed by atoms with van der Waals surface area (Å²) < 4.78 is 0. The Balaban J connectivity index is 2.44. The van der Waals surface area contributed by atoms with E-state index in [9.17, 15) is 0 Å². The van der Waals surface area contributed by atoms with Gasteiger partial charge in [-0.1, -0.05) is 19.1 Å². The van der Waals surface area contributed by atoms with Gasteiger partial charge in [-0.15, -0.1) is 0 Å². The highest BCUT2D eigenvalue weighted by Gasteiger charge is 2.13. The van der Waals surface area contributed by atoms with Crippen molar-refractivity contribution in [2.45, 2.75) is 13.3 Å². The van der Waals surface area contributed by atoms with E-state index in [4.69, 9.17) is 4.98 Å². The maximum absolute atomic E-state index is 4.70. The number of likely N-dealkylation sites (N-methyl/N-ethyl adjacent to an activating group) is 1. The molecule has 0 radical (unpaired) electrons. The van der Waals surface area contributed by atoms with Gasteiger partial charge in [0, 0.05) is 32.1 Å². The summed E-state index contributed by atoms with van der Waals surface area (Å²) in [6, 6.07) is 8.20. The third kappa shape index (κ3) is 3.82. The number of hydrogen-bond donors (Lipinski definition) is 1. The molecule has 0 fully saturated rings. The van der Waals surface area contributed by atoms with E-state index in [0.29, 0.717) is 5.95 Å². The van der Waals surface area contributed by atoms with Crippen molar-refractivity contribution in [1.29, 1.82) is 0 Å². The van der Waals surface area contributed by atoms with Crippen molar-refractivity contribution < 1.29 is 0 Å². The topological polar surface area (TPSA) is 44.3 Å². The third-order valence-electron chi connectivity index (χ3n) is 3.42. The highest BCUT2D eigenvalue weighted by atomic mass is 15.2. The Bertz CT molecular complexity index is 582. The second kappa shape index (κ2) is 7.22. The van der Waals surface area contributed by atoms with Crippen molar-refractivity contribution in [3.05, 3.63) is 24.3 Å². The lowest BCUT2D eigenvalue weighted by Crippen LogP contribution is -2.33. The lowest BCUT2D eigenvalue weighted by molar-refractivity contribution is 0.412. The van der Waals surface area contributed by atoms with E-state index in [2.05, 4.69) is 47.2 Å². The Hall–Kier alpha value is -1.88. The molecule has 0 saturated carbocycles. The smallest absolute Gasteiger partial charge is 0.224 e. The largest absolute Gasteiger partial charge is 0.357 e. The minimum atomic E-state index is 0.676. The fraction of sp³-hybridized carbons (Fsp3) is 0.500.